The normalized spacial score (nSPS) is 16.4. The first-order valence-corrected chi connectivity index (χ1v) is 5.75. The van der Waals surface area contributed by atoms with E-state index < -0.39 is 5.97 Å². The number of thioether (sulfide) groups is 1. The summed E-state index contributed by atoms with van der Waals surface area (Å²) in [7, 11) is 0. The van der Waals surface area contributed by atoms with Crippen molar-refractivity contribution < 1.29 is 19.2 Å². The Balaban J connectivity index is 1.93. The van der Waals surface area contributed by atoms with Gasteiger partial charge in [-0.2, -0.15) is 4.98 Å². The van der Waals surface area contributed by atoms with Crippen LogP contribution < -0.4 is 4.90 Å². The molecular formula is C8H11N3O4S. The van der Waals surface area contributed by atoms with Crippen LogP contribution in [0.3, 0.4) is 0 Å². The number of aromatic nitrogens is 2. The molecule has 1 aromatic heterocycles. The van der Waals surface area contributed by atoms with Crippen LogP contribution in [0.1, 0.15) is 0 Å². The minimum atomic E-state index is -0.906. The zero-order valence-corrected chi connectivity index (χ0v) is 9.27. The van der Waals surface area contributed by atoms with Gasteiger partial charge in [-0.3, -0.25) is 4.79 Å². The Morgan fingerprint density at radius 1 is 1.50 bits per heavy atom. The summed E-state index contributed by atoms with van der Waals surface area (Å²) in [4.78, 5) is 16.4. The van der Waals surface area contributed by atoms with Crippen molar-refractivity contribution in [3.05, 3.63) is 0 Å². The average Bonchev–Trinajstić information content (AvgIpc) is 2.76. The first-order chi connectivity index (χ1) is 7.75. The van der Waals surface area contributed by atoms with Gasteiger partial charge in [-0.05, 0) is 5.16 Å². The van der Waals surface area contributed by atoms with Crippen LogP contribution in [-0.4, -0.2) is 53.3 Å². The van der Waals surface area contributed by atoms with E-state index in [2.05, 4.69) is 10.1 Å². The van der Waals surface area contributed by atoms with Gasteiger partial charge in [0.2, 0.25) is 0 Å². The lowest BCUT2D eigenvalue weighted by molar-refractivity contribution is -0.133. The highest BCUT2D eigenvalue weighted by molar-refractivity contribution is 7.99. The van der Waals surface area contributed by atoms with Crippen molar-refractivity contribution in [1.82, 2.24) is 10.1 Å². The number of nitrogens with zero attached hydrogens (tertiary/aromatic N) is 3. The quantitative estimate of drug-likeness (QED) is 0.746. The van der Waals surface area contributed by atoms with Gasteiger partial charge >= 0.3 is 5.97 Å². The molecule has 88 valence electrons. The monoisotopic (exact) mass is 245 g/mol. The van der Waals surface area contributed by atoms with Crippen molar-refractivity contribution in [3.8, 4) is 0 Å². The predicted octanol–water partition coefficient (Wildman–Crippen LogP) is 0.0829. The minimum absolute atomic E-state index is 0.0786. The molecule has 7 nitrogen and oxygen atoms in total. The number of carboxylic acids is 1. The van der Waals surface area contributed by atoms with Crippen molar-refractivity contribution in [3.63, 3.8) is 0 Å². The molecule has 0 saturated carbocycles. The van der Waals surface area contributed by atoms with Crippen molar-refractivity contribution in [2.75, 3.05) is 37.0 Å². The van der Waals surface area contributed by atoms with Gasteiger partial charge < -0.3 is 19.3 Å². The fourth-order valence-corrected chi connectivity index (χ4v) is 1.76. The Labute approximate surface area is 95.8 Å². The van der Waals surface area contributed by atoms with Gasteiger partial charge in [0.05, 0.1) is 13.2 Å². The maximum atomic E-state index is 10.3. The van der Waals surface area contributed by atoms with Crippen LogP contribution in [-0.2, 0) is 9.53 Å². The molecule has 1 saturated heterocycles. The smallest absolute Gasteiger partial charge is 0.314 e. The topological polar surface area (TPSA) is 88.7 Å². The Morgan fingerprint density at radius 2 is 2.25 bits per heavy atom. The molecule has 16 heavy (non-hydrogen) atoms. The average molecular weight is 245 g/mol. The third-order valence-corrected chi connectivity index (χ3v) is 2.81. The molecule has 1 aliphatic heterocycles. The van der Waals surface area contributed by atoms with Crippen LogP contribution in [0.2, 0.25) is 0 Å². The summed E-state index contributed by atoms with van der Waals surface area (Å²) in [5, 5.41) is 12.6. The highest BCUT2D eigenvalue weighted by atomic mass is 32.2. The number of ether oxygens (including phenoxy) is 1. The molecular weight excluding hydrogens is 234 g/mol. The molecule has 1 aliphatic rings. The summed E-state index contributed by atoms with van der Waals surface area (Å²) in [6, 6.07) is 0. The zero-order chi connectivity index (χ0) is 11.4. The third-order valence-electron chi connectivity index (χ3n) is 2.01. The van der Waals surface area contributed by atoms with Crippen LogP contribution in [0.25, 0.3) is 0 Å². The molecule has 0 atom stereocenters. The second-order valence-electron chi connectivity index (χ2n) is 3.14. The van der Waals surface area contributed by atoms with E-state index in [4.69, 9.17) is 14.4 Å². The molecule has 0 aromatic carbocycles. The number of carbonyl (C=O) groups is 1. The van der Waals surface area contributed by atoms with Gasteiger partial charge in [-0.15, -0.1) is 0 Å². The zero-order valence-electron chi connectivity index (χ0n) is 8.46. The van der Waals surface area contributed by atoms with Crippen molar-refractivity contribution in [1.29, 1.82) is 0 Å². The SMILES string of the molecule is O=C(O)CSc1nc(N2CCOCC2)no1. The number of hydrogen-bond acceptors (Lipinski definition) is 7. The fraction of sp³-hybridized carbons (Fsp3) is 0.625. The van der Waals surface area contributed by atoms with E-state index in [-0.39, 0.29) is 11.0 Å². The van der Waals surface area contributed by atoms with Crippen LogP contribution in [0, 0.1) is 0 Å². The van der Waals surface area contributed by atoms with Crippen molar-refractivity contribution in [2.45, 2.75) is 5.22 Å². The summed E-state index contributed by atoms with van der Waals surface area (Å²) in [6.45, 7) is 2.74. The lowest BCUT2D eigenvalue weighted by atomic mass is 10.4. The van der Waals surface area contributed by atoms with E-state index in [0.29, 0.717) is 19.2 Å². The molecule has 0 aliphatic carbocycles. The van der Waals surface area contributed by atoms with Crippen LogP contribution in [0.4, 0.5) is 5.95 Å². The fourth-order valence-electron chi connectivity index (χ4n) is 1.28. The maximum Gasteiger partial charge on any atom is 0.314 e. The Kier molecular flexibility index (Phi) is 3.62. The Hall–Kier alpha value is -1.28. The summed E-state index contributed by atoms with van der Waals surface area (Å²) in [5.41, 5.74) is 0. The number of anilines is 1. The summed E-state index contributed by atoms with van der Waals surface area (Å²) < 4.78 is 10.1. The Morgan fingerprint density at radius 3 is 2.94 bits per heavy atom. The number of aliphatic carboxylic acids is 1. The molecule has 0 amide bonds. The number of morpholine rings is 1. The molecule has 0 radical (unpaired) electrons. The van der Waals surface area contributed by atoms with Crippen LogP contribution >= 0.6 is 11.8 Å². The lowest BCUT2D eigenvalue weighted by Gasteiger charge is -2.24. The predicted molar refractivity (Wildman–Crippen MR) is 55.7 cm³/mol. The third kappa shape index (κ3) is 2.86. The van der Waals surface area contributed by atoms with Crippen molar-refractivity contribution in [2.24, 2.45) is 0 Å². The molecule has 0 bridgehead atoms. The van der Waals surface area contributed by atoms with Gasteiger partial charge in [0.15, 0.2) is 0 Å². The van der Waals surface area contributed by atoms with Crippen LogP contribution in [0.15, 0.2) is 9.75 Å². The van der Waals surface area contributed by atoms with Crippen LogP contribution in [0.5, 0.6) is 0 Å². The lowest BCUT2D eigenvalue weighted by Crippen LogP contribution is -2.36. The molecule has 1 aromatic rings. The van der Waals surface area contributed by atoms with E-state index >= 15 is 0 Å². The van der Waals surface area contributed by atoms with Gasteiger partial charge in [0.25, 0.3) is 11.2 Å². The molecule has 0 unspecified atom stereocenters. The summed E-state index contributed by atoms with van der Waals surface area (Å²) in [6.07, 6.45) is 0. The molecule has 1 N–H and O–H groups in total. The van der Waals surface area contributed by atoms with Gasteiger partial charge in [0.1, 0.15) is 5.75 Å². The first kappa shape index (κ1) is 11.2. The van der Waals surface area contributed by atoms with Gasteiger partial charge in [-0.1, -0.05) is 11.8 Å². The standard InChI is InChI=1S/C8H11N3O4S/c12-6(13)5-16-8-9-7(10-15-8)11-1-3-14-4-2-11/h1-5H2,(H,12,13). The number of carboxylic acid groups (broad SMARTS) is 1. The van der Waals surface area contributed by atoms with Gasteiger partial charge in [-0.25, -0.2) is 0 Å². The Bertz CT molecular complexity index is 364. The second kappa shape index (κ2) is 5.17. The van der Waals surface area contributed by atoms with E-state index in [1.807, 2.05) is 4.90 Å². The van der Waals surface area contributed by atoms with E-state index in [1.54, 1.807) is 0 Å². The van der Waals surface area contributed by atoms with Crippen molar-refractivity contribution >= 4 is 23.7 Å². The first-order valence-electron chi connectivity index (χ1n) is 4.77. The van der Waals surface area contributed by atoms with E-state index in [9.17, 15) is 4.79 Å². The number of rotatable bonds is 4. The molecule has 0 spiro atoms. The number of hydrogen-bond donors (Lipinski definition) is 1. The minimum Gasteiger partial charge on any atom is -0.481 e. The largest absolute Gasteiger partial charge is 0.481 e. The molecule has 1 fully saturated rings. The van der Waals surface area contributed by atoms with E-state index in [1.165, 1.54) is 0 Å². The summed E-state index contributed by atoms with van der Waals surface area (Å²) >= 11 is 1.02. The maximum absolute atomic E-state index is 10.3. The summed E-state index contributed by atoms with van der Waals surface area (Å²) in [5.74, 6) is -0.489. The molecule has 2 heterocycles. The highest BCUT2D eigenvalue weighted by Gasteiger charge is 2.17. The highest BCUT2D eigenvalue weighted by Crippen LogP contribution is 2.19. The molecule has 2 rings (SSSR count). The van der Waals surface area contributed by atoms with Gasteiger partial charge in [0, 0.05) is 13.1 Å². The second-order valence-corrected chi connectivity index (χ2v) is 4.07. The molecule has 8 heteroatoms. The van der Waals surface area contributed by atoms with E-state index in [0.717, 1.165) is 24.9 Å².